The second-order valence-electron chi connectivity index (χ2n) is 11.5. The molecule has 0 saturated carbocycles. The lowest BCUT2D eigenvalue weighted by Crippen LogP contribution is -2.34. The fraction of sp³-hybridized carbons (Fsp3) is 0.243. The van der Waals surface area contributed by atoms with Gasteiger partial charge in [0.1, 0.15) is 6.17 Å². The lowest BCUT2D eigenvalue weighted by atomic mass is 9.76. The van der Waals surface area contributed by atoms with Gasteiger partial charge in [-0.15, -0.1) is 0 Å². The van der Waals surface area contributed by atoms with E-state index in [-0.39, 0.29) is 6.17 Å². The zero-order valence-corrected chi connectivity index (χ0v) is 22.4. The van der Waals surface area contributed by atoms with Crippen LogP contribution in [-0.4, -0.2) is 11.1 Å². The monoisotopic (exact) mass is 506 g/mol. The second-order valence-corrected chi connectivity index (χ2v) is 11.5. The summed E-state index contributed by atoms with van der Waals surface area (Å²) in [7, 11) is 0. The van der Waals surface area contributed by atoms with Gasteiger partial charge in [-0.2, -0.15) is 0 Å². The average Bonchev–Trinajstić information content (AvgIpc) is 3.44. The predicted molar refractivity (Wildman–Crippen MR) is 164 cm³/mol. The normalized spacial score (nSPS) is 24.7. The molecule has 2 nitrogen and oxygen atoms in total. The van der Waals surface area contributed by atoms with Crippen molar-refractivity contribution in [3.05, 3.63) is 130 Å². The first-order valence-corrected chi connectivity index (χ1v) is 14.7. The predicted octanol–water partition coefficient (Wildman–Crippen LogP) is 7.13. The maximum absolute atomic E-state index is 3.69. The largest absolute Gasteiger partial charge is 0.360 e. The highest BCUT2D eigenvalue weighted by atomic mass is 15.3. The van der Waals surface area contributed by atoms with Gasteiger partial charge >= 0.3 is 0 Å². The van der Waals surface area contributed by atoms with Crippen molar-refractivity contribution in [1.29, 1.82) is 0 Å². The number of fused-ring (bicyclic) bond motifs is 4. The summed E-state index contributed by atoms with van der Waals surface area (Å²) >= 11 is 0. The maximum Gasteiger partial charge on any atom is 0.122 e. The van der Waals surface area contributed by atoms with Crippen molar-refractivity contribution >= 4 is 34.1 Å². The Kier molecular flexibility index (Phi) is 5.46. The minimum Gasteiger partial charge on any atom is -0.360 e. The Morgan fingerprint density at radius 1 is 0.769 bits per heavy atom. The first-order valence-electron chi connectivity index (χ1n) is 14.7. The van der Waals surface area contributed by atoms with E-state index in [4.69, 9.17) is 0 Å². The van der Waals surface area contributed by atoms with Gasteiger partial charge < -0.3 is 10.2 Å². The SMILES string of the molecule is C1=CC2NC(C3=CC=C(c4c5c(c(C6=CC=C7C=CCCC7C6)c6ccccc46)=CCCC=5)CC3)=CN2C=C1. The summed E-state index contributed by atoms with van der Waals surface area (Å²) in [6, 6.07) is 9.18. The molecule has 0 amide bonds. The van der Waals surface area contributed by atoms with Crippen LogP contribution in [0.25, 0.3) is 34.1 Å². The summed E-state index contributed by atoms with van der Waals surface area (Å²) in [5.41, 5.74) is 10.1. The topological polar surface area (TPSA) is 15.3 Å². The van der Waals surface area contributed by atoms with E-state index in [1.54, 1.807) is 0 Å². The molecule has 0 bridgehead atoms. The van der Waals surface area contributed by atoms with Crippen LogP contribution in [0.3, 0.4) is 0 Å². The first-order chi connectivity index (χ1) is 19.3. The molecule has 192 valence electrons. The van der Waals surface area contributed by atoms with E-state index in [0.29, 0.717) is 5.92 Å². The van der Waals surface area contributed by atoms with Gasteiger partial charge in [-0.05, 0) is 118 Å². The smallest absolute Gasteiger partial charge is 0.122 e. The van der Waals surface area contributed by atoms with Crippen LogP contribution in [0.1, 0.15) is 56.1 Å². The van der Waals surface area contributed by atoms with Crippen molar-refractivity contribution in [3.8, 4) is 0 Å². The average molecular weight is 507 g/mol. The Hall–Kier alpha value is -4.04. The van der Waals surface area contributed by atoms with Gasteiger partial charge in [-0.3, -0.25) is 0 Å². The number of rotatable bonds is 3. The van der Waals surface area contributed by atoms with Crippen molar-refractivity contribution < 1.29 is 0 Å². The number of hydrogen-bond donors (Lipinski definition) is 1. The molecule has 2 unspecified atom stereocenters. The number of nitrogens with one attached hydrogen (secondary N) is 1. The van der Waals surface area contributed by atoms with Crippen molar-refractivity contribution in [3.63, 3.8) is 0 Å². The van der Waals surface area contributed by atoms with E-state index >= 15 is 0 Å². The molecule has 0 fully saturated rings. The van der Waals surface area contributed by atoms with E-state index < -0.39 is 0 Å². The van der Waals surface area contributed by atoms with E-state index in [2.05, 4.69) is 114 Å². The Bertz CT molecular complexity index is 1770. The Morgan fingerprint density at radius 3 is 2.28 bits per heavy atom. The molecule has 0 spiro atoms. The summed E-state index contributed by atoms with van der Waals surface area (Å²) in [5, 5.41) is 9.44. The van der Waals surface area contributed by atoms with Crippen molar-refractivity contribution in [2.75, 3.05) is 0 Å². The zero-order chi connectivity index (χ0) is 25.8. The third-order valence-corrected chi connectivity index (χ3v) is 9.27. The minimum atomic E-state index is 0.245. The molecule has 4 aliphatic carbocycles. The highest BCUT2D eigenvalue weighted by Gasteiger charge is 2.26. The van der Waals surface area contributed by atoms with Crippen LogP contribution in [0.5, 0.6) is 0 Å². The summed E-state index contributed by atoms with van der Waals surface area (Å²) < 4.78 is 0. The summed E-state index contributed by atoms with van der Waals surface area (Å²) in [4.78, 5) is 2.25. The molecule has 2 heterocycles. The second kappa shape index (κ2) is 9.31. The van der Waals surface area contributed by atoms with Crippen LogP contribution < -0.4 is 15.8 Å². The van der Waals surface area contributed by atoms with Gasteiger partial charge in [-0.25, -0.2) is 0 Å². The Balaban J connectivity index is 1.26. The molecule has 39 heavy (non-hydrogen) atoms. The Morgan fingerprint density at radius 2 is 1.51 bits per heavy atom. The van der Waals surface area contributed by atoms with Gasteiger partial charge in [0.2, 0.25) is 0 Å². The fourth-order valence-electron chi connectivity index (χ4n) is 7.34. The van der Waals surface area contributed by atoms with E-state index in [1.165, 1.54) is 73.2 Å². The Labute approximate surface area is 230 Å². The van der Waals surface area contributed by atoms with Crippen LogP contribution in [0.4, 0.5) is 0 Å². The van der Waals surface area contributed by atoms with Gasteiger partial charge in [0.25, 0.3) is 0 Å². The summed E-state index contributed by atoms with van der Waals surface area (Å²) in [6.07, 6.45) is 38.4. The molecule has 2 aliphatic heterocycles. The lowest BCUT2D eigenvalue weighted by molar-refractivity contribution is 0.424. The highest BCUT2D eigenvalue weighted by molar-refractivity contribution is 6.02. The van der Waals surface area contributed by atoms with Crippen LogP contribution in [0, 0.1) is 5.92 Å². The quantitative estimate of drug-likeness (QED) is 0.476. The van der Waals surface area contributed by atoms with Crippen LogP contribution in [0.2, 0.25) is 0 Å². The molecule has 2 aromatic rings. The maximum atomic E-state index is 3.69. The van der Waals surface area contributed by atoms with E-state index in [1.807, 2.05) is 0 Å². The molecule has 0 aromatic heterocycles. The molecular weight excluding hydrogens is 472 g/mol. The molecular formula is C37H34N2. The number of hydrogen-bond acceptors (Lipinski definition) is 2. The molecule has 0 saturated heterocycles. The molecule has 2 heteroatoms. The zero-order valence-electron chi connectivity index (χ0n) is 22.4. The van der Waals surface area contributed by atoms with Crippen LogP contribution in [-0.2, 0) is 0 Å². The number of nitrogens with zero attached hydrogens (tertiary/aromatic N) is 1. The summed E-state index contributed by atoms with van der Waals surface area (Å²) in [5.74, 6) is 0.658. The molecule has 2 atom stereocenters. The third-order valence-electron chi connectivity index (χ3n) is 9.27. The fourth-order valence-corrected chi connectivity index (χ4v) is 7.34. The van der Waals surface area contributed by atoms with Crippen LogP contribution in [0.15, 0.2) is 108 Å². The third kappa shape index (κ3) is 3.85. The number of benzene rings is 2. The van der Waals surface area contributed by atoms with Gasteiger partial charge in [0.15, 0.2) is 0 Å². The highest BCUT2D eigenvalue weighted by Crippen LogP contribution is 2.39. The molecule has 0 radical (unpaired) electrons. The molecule has 1 N–H and O–H groups in total. The molecule has 2 aromatic carbocycles. The van der Waals surface area contributed by atoms with Gasteiger partial charge in [0, 0.05) is 12.4 Å². The van der Waals surface area contributed by atoms with E-state index in [9.17, 15) is 0 Å². The van der Waals surface area contributed by atoms with Crippen molar-refractivity contribution in [1.82, 2.24) is 10.2 Å². The number of allylic oxidation sites excluding steroid dienone is 12. The van der Waals surface area contributed by atoms with E-state index in [0.717, 1.165) is 32.1 Å². The molecule has 8 rings (SSSR count). The molecule has 6 aliphatic rings. The van der Waals surface area contributed by atoms with Crippen molar-refractivity contribution in [2.45, 2.75) is 51.1 Å². The standard InChI is InChI=1S/C37H34N2/c1-2-10-28-23-29(21-16-25(28)9-1)37-32-13-5-3-11-30(32)36(31-12-4-6-14-33(31)37)27-19-17-26(18-20-27)34-24-39-22-8-7-15-35(39)38-34/h1,3,5,7-9,11-17,19,21-22,24,28,35,38H,2,4,6,10,18,20,23H2. The van der Waals surface area contributed by atoms with Gasteiger partial charge in [-0.1, -0.05) is 78.9 Å². The van der Waals surface area contributed by atoms with Gasteiger partial charge in [0.05, 0.1) is 5.70 Å². The van der Waals surface area contributed by atoms with Crippen LogP contribution >= 0.6 is 0 Å². The summed E-state index contributed by atoms with van der Waals surface area (Å²) in [6.45, 7) is 0. The lowest BCUT2D eigenvalue weighted by Gasteiger charge is -2.28. The minimum absolute atomic E-state index is 0.245. The van der Waals surface area contributed by atoms with Crippen molar-refractivity contribution in [2.24, 2.45) is 5.92 Å². The first kappa shape index (κ1) is 22.9.